The second-order valence-electron chi connectivity index (χ2n) is 6.53. The summed E-state index contributed by atoms with van der Waals surface area (Å²) < 4.78 is 10.6. The minimum absolute atomic E-state index is 0.193. The lowest BCUT2D eigenvalue weighted by molar-refractivity contribution is 0.249. The summed E-state index contributed by atoms with van der Waals surface area (Å²) >= 11 is 0. The van der Waals surface area contributed by atoms with Gasteiger partial charge >= 0.3 is 6.03 Å². The van der Waals surface area contributed by atoms with Crippen molar-refractivity contribution in [1.82, 2.24) is 10.3 Å². The Morgan fingerprint density at radius 2 is 1.85 bits per heavy atom. The maximum atomic E-state index is 12.3. The zero-order valence-corrected chi connectivity index (χ0v) is 16.0. The van der Waals surface area contributed by atoms with Crippen molar-refractivity contribution in [3.8, 4) is 11.5 Å². The van der Waals surface area contributed by atoms with E-state index >= 15 is 0 Å². The number of nitrogens with one attached hydrogen (secondary N) is 2. The quantitative estimate of drug-likeness (QED) is 0.813. The largest absolute Gasteiger partial charge is 0.493 e. The molecule has 1 aliphatic heterocycles. The molecule has 1 aliphatic rings. The summed E-state index contributed by atoms with van der Waals surface area (Å²) in [6, 6.07) is 8.93. The third-order valence-electron chi connectivity index (χ3n) is 4.69. The first-order valence-electron chi connectivity index (χ1n) is 9.11. The van der Waals surface area contributed by atoms with E-state index in [9.17, 15) is 4.79 Å². The fraction of sp³-hybridized carbons (Fsp3) is 0.400. The van der Waals surface area contributed by atoms with Crippen molar-refractivity contribution < 1.29 is 14.3 Å². The number of carbonyl (C=O) groups excluding carboxylic acids is 1. The molecular weight excluding hydrogens is 344 g/mol. The van der Waals surface area contributed by atoms with Crippen molar-refractivity contribution in [1.29, 1.82) is 0 Å². The van der Waals surface area contributed by atoms with Crippen LogP contribution in [0.2, 0.25) is 0 Å². The lowest BCUT2D eigenvalue weighted by atomic mass is 10.1. The van der Waals surface area contributed by atoms with Crippen LogP contribution in [0.15, 0.2) is 36.5 Å². The summed E-state index contributed by atoms with van der Waals surface area (Å²) in [6.07, 6.45) is 4.10. The smallest absolute Gasteiger partial charge is 0.319 e. The van der Waals surface area contributed by atoms with Gasteiger partial charge in [-0.25, -0.2) is 9.78 Å². The van der Waals surface area contributed by atoms with Crippen molar-refractivity contribution in [2.45, 2.75) is 25.8 Å². The maximum Gasteiger partial charge on any atom is 0.319 e. The van der Waals surface area contributed by atoms with Gasteiger partial charge in [0.15, 0.2) is 11.5 Å². The summed E-state index contributed by atoms with van der Waals surface area (Å²) in [4.78, 5) is 19.0. The number of pyridine rings is 1. The molecule has 0 aliphatic carbocycles. The molecule has 1 atom stereocenters. The highest BCUT2D eigenvalue weighted by atomic mass is 16.5. The van der Waals surface area contributed by atoms with E-state index in [1.165, 1.54) is 12.8 Å². The Hall–Kier alpha value is -2.96. The molecule has 3 rings (SSSR count). The number of hydrogen-bond donors (Lipinski definition) is 2. The number of nitrogens with zero attached hydrogens (tertiary/aromatic N) is 2. The van der Waals surface area contributed by atoms with Gasteiger partial charge in [-0.3, -0.25) is 0 Å². The number of rotatable bonds is 6. The van der Waals surface area contributed by atoms with Gasteiger partial charge < -0.3 is 25.0 Å². The van der Waals surface area contributed by atoms with E-state index < -0.39 is 0 Å². The van der Waals surface area contributed by atoms with E-state index in [1.54, 1.807) is 20.4 Å². The first-order chi connectivity index (χ1) is 13.1. The van der Waals surface area contributed by atoms with Gasteiger partial charge in [-0.2, -0.15) is 0 Å². The number of benzene rings is 1. The SMILES string of the molecule is COc1ccc(C(C)NC(=O)Nc2ccc(N3CCCC3)nc2)cc1OC. The predicted octanol–water partition coefficient (Wildman–Crippen LogP) is 3.58. The number of urea groups is 1. The number of carbonyl (C=O) groups is 1. The zero-order chi connectivity index (χ0) is 19.2. The van der Waals surface area contributed by atoms with Crippen LogP contribution in [0.3, 0.4) is 0 Å². The van der Waals surface area contributed by atoms with E-state index in [-0.39, 0.29) is 12.1 Å². The Balaban J connectivity index is 1.58. The Morgan fingerprint density at radius 3 is 2.48 bits per heavy atom. The molecule has 2 N–H and O–H groups in total. The van der Waals surface area contributed by atoms with Gasteiger partial charge in [0.05, 0.1) is 32.1 Å². The molecule has 0 bridgehead atoms. The van der Waals surface area contributed by atoms with Crippen LogP contribution in [0.5, 0.6) is 11.5 Å². The Kier molecular flexibility index (Phi) is 6.01. The van der Waals surface area contributed by atoms with Crippen LogP contribution in [0.1, 0.15) is 31.4 Å². The van der Waals surface area contributed by atoms with Crippen molar-refractivity contribution in [3.63, 3.8) is 0 Å². The van der Waals surface area contributed by atoms with Crippen LogP contribution in [0, 0.1) is 0 Å². The number of anilines is 2. The fourth-order valence-corrected chi connectivity index (χ4v) is 3.16. The van der Waals surface area contributed by atoms with Crippen molar-refractivity contribution in [2.24, 2.45) is 0 Å². The molecule has 7 heteroatoms. The molecule has 2 amide bonds. The summed E-state index contributed by atoms with van der Waals surface area (Å²) in [5, 5.41) is 5.74. The maximum absolute atomic E-state index is 12.3. The molecule has 2 aromatic rings. The van der Waals surface area contributed by atoms with Gasteiger partial charge in [0, 0.05) is 13.1 Å². The van der Waals surface area contributed by atoms with Crippen molar-refractivity contribution in [2.75, 3.05) is 37.5 Å². The number of ether oxygens (including phenoxy) is 2. The van der Waals surface area contributed by atoms with Crippen molar-refractivity contribution in [3.05, 3.63) is 42.1 Å². The number of methoxy groups -OCH3 is 2. The molecule has 1 saturated heterocycles. The Labute approximate surface area is 159 Å². The molecule has 27 heavy (non-hydrogen) atoms. The number of amides is 2. The molecular formula is C20H26N4O3. The highest BCUT2D eigenvalue weighted by molar-refractivity contribution is 5.89. The standard InChI is InChI=1S/C20H26N4O3/c1-14(15-6-8-17(26-2)18(12-15)27-3)22-20(25)23-16-7-9-19(21-13-16)24-10-4-5-11-24/h6-9,12-14H,4-5,10-11H2,1-3H3,(H2,22,23,25). The summed E-state index contributed by atoms with van der Waals surface area (Å²) in [7, 11) is 3.18. The van der Waals surface area contributed by atoms with Crippen LogP contribution in [-0.2, 0) is 0 Å². The molecule has 0 radical (unpaired) electrons. The first kappa shape index (κ1) is 18.8. The molecule has 1 aromatic carbocycles. The second kappa shape index (κ2) is 8.62. The van der Waals surface area contributed by atoms with Crippen LogP contribution >= 0.6 is 0 Å². The van der Waals surface area contributed by atoms with Crippen LogP contribution < -0.4 is 25.0 Å². The Bertz CT molecular complexity index is 773. The number of aromatic nitrogens is 1. The van der Waals surface area contributed by atoms with Crippen LogP contribution in [0.4, 0.5) is 16.3 Å². The molecule has 0 saturated carbocycles. The van der Waals surface area contributed by atoms with E-state index in [0.29, 0.717) is 17.2 Å². The first-order valence-corrected chi connectivity index (χ1v) is 9.11. The number of hydrogen-bond acceptors (Lipinski definition) is 5. The van der Waals surface area contributed by atoms with Crippen LogP contribution in [0.25, 0.3) is 0 Å². The highest BCUT2D eigenvalue weighted by Gasteiger charge is 2.15. The predicted molar refractivity (Wildman–Crippen MR) is 106 cm³/mol. The van der Waals surface area contributed by atoms with E-state index in [1.807, 2.05) is 37.3 Å². The molecule has 7 nitrogen and oxygen atoms in total. The van der Waals surface area contributed by atoms with Crippen LogP contribution in [-0.4, -0.2) is 38.3 Å². The lowest BCUT2D eigenvalue weighted by Gasteiger charge is -2.18. The average molecular weight is 370 g/mol. The molecule has 1 aromatic heterocycles. The lowest BCUT2D eigenvalue weighted by Crippen LogP contribution is -2.31. The molecule has 144 valence electrons. The average Bonchev–Trinajstić information content (AvgIpc) is 3.22. The van der Waals surface area contributed by atoms with E-state index in [4.69, 9.17) is 9.47 Å². The van der Waals surface area contributed by atoms with Crippen molar-refractivity contribution >= 4 is 17.5 Å². The van der Waals surface area contributed by atoms with Gasteiger partial charge in [-0.15, -0.1) is 0 Å². The minimum atomic E-state index is -0.284. The molecule has 0 spiro atoms. The zero-order valence-electron chi connectivity index (χ0n) is 16.0. The molecule has 1 fully saturated rings. The topological polar surface area (TPSA) is 75.7 Å². The van der Waals surface area contributed by atoms with Gasteiger partial charge in [0.25, 0.3) is 0 Å². The fourth-order valence-electron chi connectivity index (χ4n) is 3.16. The highest BCUT2D eigenvalue weighted by Crippen LogP contribution is 2.29. The minimum Gasteiger partial charge on any atom is -0.493 e. The van der Waals surface area contributed by atoms with Gasteiger partial charge in [-0.05, 0) is 49.6 Å². The second-order valence-corrected chi connectivity index (χ2v) is 6.53. The van der Waals surface area contributed by atoms with E-state index in [2.05, 4.69) is 20.5 Å². The summed E-state index contributed by atoms with van der Waals surface area (Å²) in [6.45, 7) is 4.00. The molecule has 1 unspecified atom stereocenters. The van der Waals surface area contributed by atoms with E-state index in [0.717, 1.165) is 24.5 Å². The monoisotopic (exact) mass is 370 g/mol. The third-order valence-corrected chi connectivity index (χ3v) is 4.69. The molecule has 2 heterocycles. The normalized spacial score (nSPS) is 14.6. The third kappa shape index (κ3) is 4.61. The summed E-state index contributed by atoms with van der Waals surface area (Å²) in [5.41, 5.74) is 1.58. The van der Waals surface area contributed by atoms with Gasteiger partial charge in [0.2, 0.25) is 0 Å². The van der Waals surface area contributed by atoms with Gasteiger partial charge in [0.1, 0.15) is 5.82 Å². The Morgan fingerprint density at radius 1 is 1.11 bits per heavy atom. The summed E-state index contributed by atoms with van der Waals surface area (Å²) in [5.74, 6) is 2.24. The van der Waals surface area contributed by atoms with Gasteiger partial charge in [-0.1, -0.05) is 6.07 Å².